The highest BCUT2D eigenvalue weighted by Crippen LogP contribution is 2.42. The Labute approximate surface area is 129 Å². The number of carbonyl (C=O) groups is 1. The molecule has 0 bridgehead atoms. The molecule has 23 heavy (non-hydrogen) atoms. The lowest BCUT2D eigenvalue weighted by Crippen LogP contribution is -2.59. The van der Waals surface area contributed by atoms with Crippen LogP contribution in [0.5, 0.6) is 5.75 Å². The average Bonchev–Trinajstić information content (AvgIpc) is 2.87. The minimum Gasteiger partial charge on any atom is -0.491 e. The molecule has 1 aromatic rings. The van der Waals surface area contributed by atoms with Crippen molar-refractivity contribution in [3.8, 4) is 5.75 Å². The van der Waals surface area contributed by atoms with Crippen molar-refractivity contribution in [3.63, 3.8) is 0 Å². The highest BCUT2D eigenvalue weighted by Gasteiger charge is 2.49. The zero-order chi connectivity index (χ0) is 17.3. The van der Waals surface area contributed by atoms with Crippen molar-refractivity contribution in [2.75, 3.05) is 19.8 Å². The van der Waals surface area contributed by atoms with Crippen LogP contribution in [0.3, 0.4) is 0 Å². The van der Waals surface area contributed by atoms with Gasteiger partial charge in [-0.05, 0) is 36.7 Å². The van der Waals surface area contributed by atoms with E-state index in [0.717, 1.165) is 18.2 Å². The van der Waals surface area contributed by atoms with Crippen molar-refractivity contribution in [1.82, 2.24) is 5.32 Å². The second kappa shape index (κ2) is 6.32. The molecule has 1 heterocycles. The molecule has 0 aliphatic carbocycles. The summed E-state index contributed by atoms with van der Waals surface area (Å²) in [4.78, 5) is 11.4. The second-order valence-corrected chi connectivity index (χ2v) is 5.23. The number of nitrogens with two attached hydrogens (primary N) is 1. The van der Waals surface area contributed by atoms with E-state index >= 15 is 0 Å². The van der Waals surface area contributed by atoms with Crippen LogP contribution >= 0.6 is 0 Å². The summed E-state index contributed by atoms with van der Waals surface area (Å²) in [6.45, 7) is -0.932. The zero-order valence-electron chi connectivity index (χ0n) is 12.0. The smallest absolute Gasteiger partial charge is 0.416 e. The molecule has 1 unspecified atom stereocenters. The first-order valence-electron chi connectivity index (χ1n) is 6.87. The fourth-order valence-corrected chi connectivity index (χ4v) is 2.73. The molecule has 128 valence electrons. The van der Waals surface area contributed by atoms with E-state index in [0.29, 0.717) is 0 Å². The topological polar surface area (TPSA) is 84.6 Å². The molecule has 1 aromatic carbocycles. The molecule has 0 aromatic heterocycles. The number of alkyl halides is 4. The van der Waals surface area contributed by atoms with Crippen LogP contribution in [0.2, 0.25) is 0 Å². The summed E-state index contributed by atoms with van der Waals surface area (Å²) in [5.41, 5.74) is 2.51. The molecular weight excluding hydrogens is 320 g/mol. The van der Waals surface area contributed by atoms with Crippen molar-refractivity contribution >= 4 is 5.97 Å². The van der Waals surface area contributed by atoms with Gasteiger partial charge in [0, 0.05) is 5.92 Å². The molecule has 1 fully saturated rings. The van der Waals surface area contributed by atoms with Gasteiger partial charge in [-0.25, -0.2) is 9.18 Å². The molecule has 5 nitrogen and oxygen atoms in total. The molecule has 1 saturated heterocycles. The monoisotopic (exact) mass is 336 g/mol. The van der Waals surface area contributed by atoms with Gasteiger partial charge in [-0.2, -0.15) is 13.2 Å². The number of carboxylic acids is 1. The average molecular weight is 336 g/mol. The number of hydrogen-bond donors (Lipinski definition) is 3. The van der Waals surface area contributed by atoms with E-state index < -0.39 is 36.0 Å². The number of rotatable bonds is 5. The van der Waals surface area contributed by atoms with Gasteiger partial charge >= 0.3 is 12.1 Å². The summed E-state index contributed by atoms with van der Waals surface area (Å²) in [5, 5.41) is 11.8. The van der Waals surface area contributed by atoms with E-state index in [4.69, 9.17) is 10.5 Å². The lowest BCUT2D eigenvalue weighted by molar-refractivity contribution is -0.146. The van der Waals surface area contributed by atoms with Gasteiger partial charge in [0.05, 0.1) is 5.56 Å². The molecule has 1 aliphatic heterocycles. The van der Waals surface area contributed by atoms with Crippen molar-refractivity contribution in [3.05, 3.63) is 29.3 Å². The number of aliphatic carboxylic acids is 1. The third kappa shape index (κ3) is 3.40. The Morgan fingerprint density at radius 2 is 2.17 bits per heavy atom. The summed E-state index contributed by atoms with van der Waals surface area (Å²) >= 11 is 0. The first-order chi connectivity index (χ1) is 10.7. The number of nitrogens with one attached hydrogen (secondary N) is 1. The highest BCUT2D eigenvalue weighted by molar-refractivity contribution is 5.80. The van der Waals surface area contributed by atoms with Gasteiger partial charge in [0.15, 0.2) is 5.66 Å². The summed E-state index contributed by atoms with van der Waals surface area (Å²) in [7, 11) is 0. The maximum atomic E-state index is 13.2. The summed E-state index contributed by atoms with van der Waals surface area (Å²) in [6.07, 6.45) is -4.55. The standard InChI is InChI=1S/C14H16F4N2O3/c15-4-6-23-8-1-2-11(14(16,17)18)9(7-8)10-3-5-20-13(10,19)12(21)22/h1-2,7,10,20H,3-6,19H2,(H,21,22)/t10?,13-/m0/s1. The Morgan fingerprint density at radius 3 is 2.74 bits per heavy atom. The normalized spacial score (nSPS) is 24.7. The molecule has 0 saturated carbocycles. The molecule has 2 atom stereocenters. The molecule has 0 amide bonds. The molecule has 0 spiro atoms. The van der Waals surface area contributed by atoms with Gasteiger partial charge in [0.1, 0.15) is 19.0 Å². The Bertz CT molecular complexity index is 594. The van der Waals surface area contributed by atoms with E-state index in [1.54, 1.807) is 0 Å². The third-order valence-electron chi connectivity index (χ3n) is 3.80. The minimum atomic E-state index is -4.67. The number of benzene rings is 1. The quantitative estimate of drug-likeness (QED) is 0.715. The Balaban J connectivity index is 2.51. The third-order valence-corrected chi connectivity index (χ3v) is 3.80. The highest BCUT2D eigenvalue weighted by atomic mass is 19.4. The number of hydrogen-bond acceptors (Lipinski definition) is 4. The Morgan fingerprint density at radius 1 is 1.48 bits per heavy atom. The molecule has 4 N–H and O–H groups in total. The maximum Gasteiger partial charge on any atom is 0.416 e. The van der Waals surface area contributed by atoms with Crippen molar-refractivity contribution in [1.29, 1.82) is 0 Å². The predicted molar refractivity (Wildman–Crippen MR) is 72.8 cm³/mol. The van der Waals surface area contributed by atoms with Crippen LogP contribution in [0.4, 0.5) is 17.6 Å². The first kappa shape index (κ1) is 17.5. The number of carboxylic acid groups (broad SMARTS) is 1. The number of halogens is 4. The van der Waals surface area contributed by atoms with Gasteiger partial charge in [-0.3, -0.25) is 5.32 Å². The van der Waals surface area contributed by atoms with Gasteiger partial charge in [-0.1, -0.05) is 0 Å². The molecule has 2 rings (SSSR count). The SMILES string of the molecule is N[C@]1(C(=O)O)NCCC1c1cc(OCCF)ccc1C(F)(F)F. The largest absolute Gasteiger partial charge is 0.491 e. The number of ether oxygens (including phenoxy) is 1. The summed E-state index contributed by atoms with van der Waals surface area (Å²) in [5.74, 6) is -2.50. The van der Waals surface area contributed by atoms with Crippen molar-refractivity contribution in [2.45, 2.75) is 24.2 Å². The van der Waals surface area contributed by atoms with Gasteiger partial charge < -0.3 is 15.6 Å². The van der Waals surface area contributed by atoms with Crippen LogP contribution in [-0.2, 0) is 11.0 Å². The minimum absolute atomic E-state index is 0.0327. The van der Waals surface area contributed by atoms with Crippen LogP contribution in [0, 0.1) is 0 Å². The predicted octanol–water partition coefficient (Wildman–Crippen LogP) is 1.87. The van der Waals surface area contributed by atoms with Crippen LogP contribution in [0.25, 0.3) is 0 Å². The van der Waals surface area contributed by atoms with Crippen LogP contribution in [0.15, 0.2) is 18.2 Å². The van der Waals surface area contributed by atoms with Gasteiger partial charge in [0.25, 0.3) is 0 Å². The van der Waals surface area contributed by atoms with Crippen LogP contribution in [0.1, 0.15) is 23.5 Å². The molecular formula is C14H16F4N2O3. The van der Waals surface area contributed by atoms with E-state index in [9.17, 15) is 27.5 Å². The van der Waals surface area contributed by atoms with Crippen LogP contribution in [-0.4, -0.2) is 36.6 Å². The second-order valence-electron chi connectivity index (χ2n) is 5.23. The van der Waals surface area contributed by atoms with Gasteiger partial charge in [-0.15, -0.1) is 0 Å². The van der Waals surface area contributed by atoms with E-state index in [-0.39, 0.29) is 30.9 Å². The first-order valence-corrected chi connectivity index (χ1v) is 6.87. The van der Waals surface area contributed by atoms with E-state index in [1.165, 1.54) is 0 Å². The van der Waals surface area contributed by atoms with E-state index in [2.05, 4.69) is 5.32 Å². The van der Waals surface area contributed by atoms with Crippen molar-refractivity contribution < 1.29 is 32.2 Å². The van der Waals surface area contributed by atoms with Crippen molar-refractivity contribution in [2.24, 2.45) is 5.73 Å². The Hall–Kier alpha value is -1.87. The lowest BCUT2D eigenvalue weighted by Gasteiger charge is -2.29. The summed E-state index contributed by atoms with van der Waals surface area (Å²) in [6, 6.07) is 2.95. The van der Waals surface area contributed by atoms with Gasteiger partial charge in [0.2, 0.25) is 0 Å². The molecule has 9 heteroatoms. The lowest BCUT2D eigenvalue weighted by atomic mass is 9.84. The maximum absolute atomic E-state index is 13.2. The molecule has 0 radical (unpaired) electrons. The molecule has 1 aliphatic rings. The summed E-state index contributed by atoms with van der Waals surface area (Å²) < 4.78 is 56.9. The fraction of sp³-hybridized carbons (Fsp3) is 0.500. The van der Waals surface area contributed by atoms with Crippen LogP contribution < -0.4 is 15.8 Å². The zero-order valence-corrected chi connectivity index (χ0v) is 12.0. The Kier molecular flexibility index (Phi) is 4.81. The van der Waals surface area contributed by atoms with E-state index in [1.807, 2.05) is 0 Å². The fourth-order valence-electron chi connectivity index (χ4n) is 2.73.